The highest BCUT2D eigenvalue weighted by atomic mass is 32.2. The van der Waals surface area contributed by atoms with Crippen LogP contribution >= 0.6 is 23.1 Å². The summed E-state index contributed by atoms with van der Waals surface area (Å²) in [7, 11) is 0. The molecule has 0 bridgehead atoms. The molecule has 2 aromatic heterocycles. The Hall–Kier alpha value is -2.19. The van der Waals surface area contributed by atoms with Crippen molar-refractivity contribution in [2.45, 2.75) is 44.6 Å². The second-order valence-electron chi connectivity index (χ2n) is 6.30. The molecule has 0 unspecified atom stereocenters. The average molecular weight is 390 g/mol. The summed E-state index contributed by atoms with van der Waals surface area (Å²) >= 11 is 2.87. The number of aromatic nitrogens is 2. The molecule has 0 saturated carbocycles. The van der Waals surface area contributed by atoms with Gasteiger partial charge >= 0.3 is 0 Å². The number of thioether (sulfide) groups is 1. The van der Waals surface area contributed by atoms with Crippen LogP contribution in [0.15, 0.2) is 34.2 Å². The van der Waals surface area contributed by atoms with Crippen LogP contribution < -0.4 is 5.56 Å². The molecule has 0 amide bonds. The third kappa shape index (κ3) is 3.26. The van der Waals surface area contributed by atoms with Gasteiger partial charge in [0.2, 0.25) is 0 Å². The van der Waals surface area contributed by atoms with Gasteiger partial charge < -0.3 is 0 Å². The van der Waals surface area contributed by atoms with Crippen LogP contribution in [0.2, 0.25) is 0 Å². The highest BCUT2D eigenvalue weighted by Gasteiger charge is 2.20. The Morgan fingerprint density at radius 2 is 2.00 bits per heavy atom. The fourth-order valence-corrected chi connectivity index (χ4v) is 4.99. The largest absolute Gasteiger partial charge is 0.284 e. The van der Waals surface area contributed by atoms with Crippen LogP contribution in [-0.2, 0) is 5.75 Å². The molecular formula is C18H19N3O3S2. The Morgan fingerprint density at radius 1 is 1.31 bits per heavy atom. The molecule has 0 aliphatic rings. The summed E-state index contributed by atoms with van der Waals surface area (Å²) in [4.78, 5) is 30.4. The number of nitro benzene ring substituents is 1. The number of rotatable bonds is 5. The van der Waals surface area contributed by atoms with E-state index < -0.39 is 0 Å². The number of nitro groups is 1. The van der Waals surface area contributed by atoms with Gasteiger partial charge in [0, 0.05) is 28.3 Å². The van der Waals surface area contributed by atoms with E-state index in [0.717, 1.165) is 15.3 Å². The summed E-state index contributed by atoms with van der Waals surface area (Å²) in [5.41, 5.74) is 1.64. The molecule has 0 saturated heterocycles. The first-order valence-corrected chi connectivity index (χ1v) is 9.98. The van der Waals surface area contributed by atoms with Crippen molar-refractivity contribution in [2.24, 2.45) is 0 Å². The Kier molecular flexibility index (Phi) is 5.15. The van der Waals surface area contributed by atoms with Crippen LogP contribution in [0.25, 0.3) is 10.2 Å². The summed E-state index contributed by atoms with van der Waals surface area (Å²) in [6.45, 7) is 7.82. The maximum atomic E-state index is 13.0. The topological polar surface area (TPSA) is 78.0 Å². The van der Waals surface area contributed by atoms with E-state index in [1.165, 1.54) is 29.2 Å². The summed E-state index contributed by atoms with van der Waals surface area (Å²) in [5, 5.41) is 12.5. The van der Waals surface area contributed by atoms with Gasteiger partial charge in [-0.05, 0) is 33.3 Å². The SMILES string of the molecule is Cc1sc2nc(SCc3ccccc3[N+](=O)[O-])n(C(C)C)c(=O)c2c1C. The summed E-state index contributed by atoms with van der Waals surface area (Å²) < 4.78 is 1.68. The number of benzene rings is 1. The number of hydrogen-bond acceptors (Lipinski definition) is 6. The molecule has 0 atom stereocenters. The molecule has 3 rings (SSSR count). The van der Waals surface area contributed by atoms with Crippen molar-refractivity contribution in [3.8, 4) is 0 Å². The standard InChI is InChI=1S/C18H19N3O3S2/c1-10(2)20-17(22)15-11(3)12(4)26-16(15)19-18(20)25-9-13-7-5-6-8-14(13)21(23)24/h5-8,10H,9H2,1-4H3. The van der Waals surface area contributed by atoms with Crippen LogP contribution in [0.3, 0.4) is 0 Å². The van der Waals surface area contributed by atoms with Gasteiger partial charge in [-0.1, -0.05) is 30.0 Å². The number of para-hydroxylation sites is 1. The molecular weight excluding hydrogens is 370 g/mol. The van der Waals surface area contributed by atoms with Crippen molar-refractivity contribution in [1.29, 1.82) is 0 Å². The Bertz CT molecular complexity index is 1050. The van der Waals surface area contributed by atoms with E-state index in [1.807, 2.05) is 27.7 Å². The zero-order valence-electron chi connectivity index (χ0n) is 15.0. The predicted molar refractivity (Wildman–Crippen MR) is 106 cm³/mol. The van der Waals surface area contributed by atoms with Crippen LogP contribution in [-0.4, -0.2) is 14.5 Å². The maximum Gasteiger partial charge on any atom is 0.273 e. The molecule has 8 heteroatoms. The van der Waals surface area contributed by atoms with Gasteiger partial charge in [-0.15, -0.1) is 11.3 Å². The van der Waals surface area contributed by atoms with Gasteiger partial charge in [-0.25, -0.2) is 4.98 Å². The number of aryl methyl sites for hydroxylation is 2. The quantitative estimate of drug-likeness (QED) is 0.270. The summed E-state index contributed by atoms with van der Waals surface area (Å²) in [5.74, 6) is 0.380. The number of fused-ring (bicyclic) bond motifs is 1. The molecule has 136 valence electrons. The second-order valence-corrected chi connectivity index (χ2v) is 8.45. The summed E-state index contributed by atoms with van der Waals surface area (Å²) in [6.07, 6.45) is 0. The van der Waals surface area contributed by atoms with Crippen LogP contribution in [0.5, 0.6) is 0 Å². The Balaban J connectivity index is 2.07. The van der Waals surface area contributed by atoms with Gasteiger partial charge in [0.15, 0.2) is 5.16 Å². The Morgan fingerprint density at radius 3 is 2.65 bits per heavy atom. The third-order valence-electron chi connectivity index (χ3n) is 4.26. The maximum absolute atomic E-state index is 13.0. The van der Waals surface area contributed by atoms with Crippen molar-refractivity contribution in [3.63, 3.8) is 0 Å². The van der Waals surface area contributed by atoms with Gasteiger partial charge in [0.1, 0.15) is 4.83 Å². The molecule has 3 aromatic rings. The minimum atomic E-state index is -0.381. The molecule has 0 N–H and O–H groups in total. The fraction of sp³-hybridized carbons (Fsp3) is 0.333. The van der Waals surface area contributed by atoms with Crippen molar-refractivity contribution in [2.75, 3.05) is 0 Å². The van der Waals surface area contributed by atoms with E-state index in [9.17, 15) is 14.9 Å². The van der Waals surface area contributed by atoms with E-state index in [2.05, 4.69) is 0 Å². The van der Waals surface area contributed by atoms with Gasteiger partial charge in [0.05, 0.1) is 10.3 Å². The lowest BCUT2D eigenvalue weighted by Crippen LogP contribution is -2.24. The van der Waals surface area contributed by atoms with E-state index in [0.29, 0.717) is 21.9 Å². The summed E-state index contributed by atoms with van der Waals surface area (Å²) in [6, 6.07) is 6.61. The molecule has 0 aliphatic carbocycles. The lowest BCUT2D eigenvalue weighted by atomic mass is 10.2. The van der Waals surface area contributed by atoms with Crippen LogP contribution in [0, 0.1) is 24.0 Å². The predicted octanol–water partition coefficient (Wildman–Crippen LogP) is 4.86. The van der Waals surface area contributed by atoms with Crippen molar-refractivity contribution in [1.82, 2.24) is 9.55 Å². The smallest absolute Gasteiger partial charge is 0.273 e. The molecule has 6 nitrogen and oxygen atoms in total. The van der Waals surface area contributed by atoms with Crippen LogP contribution in [0.1, 0.15) is 35.9 Å². The normalized spacial score (nSPS) is 11.4. The highest BCUT2D eigenvalue weighted by Crippen LogP contribution is 2.32. The zero-order valence-corrected chi connectivity index (χ0v) is 16.6. The highest BCUT2D eigenvalue weighted by molar-refractivity contribution is 7.98. The Labute approximate surface area is 159 Å². The average Bonchev–Trinajstić information content (AvgIpc) is 2.87. The van der Waals surface area contributed by atoms with E-state index in [4.69, 9.17) is 4.98 Å². The lowest BCUT2D eigenvalue weighted by Gasteiger charge is -2.15. The molecule has 0 spiro atoms. The number of thiophene rings is 1. The van der Waals surface area contributed by atoms with E-state index in [-0.39, 0.29) is 22.2 Å². The monoisotopic (exact) mass is 389 g/mol. The number of hydrogen-bond donors (Lipinski definition) is 0. The fourth-order valence-electron chi connectivity index (χ4n) is 2.80. The first-order chi connectivity index (χ1) is 12.3. The minimum Gasteiger partial charge on any atom is -0.284 e. The first-order valence-electron chi connectivity index (χ1n) is 8.18. The molecule has 0 fully saturated rings. The number of nitrogens with zero attached hydrogens (tertiary/aromatic N) is 3. The van der Waals surface area contributed by atoms with Gasteiger partial charge in [-0.3, -0.25) is 19.5 Å². The van der Waals surface area contributed by atoms with E-state index >= 15 is 0 Å². The van der Waals surface area contributed by atoms with Gasteiger partial charge in [-0.2, -0.15) is 0 Å². The zero-order chi connectivity index (χ0) is 19.0. The van der Waals surface area contributed by atoms with Crippen molar-refractivity contribution in [3.05, 3.63) is 60.7 Å². The third-order valence-corrected chi connectivity index (χ3v) is 6.37. The molecule has 1 aromatic carbocycles. The molecule has 2 heterocycles. The lowest BCUT2D eigenvalue weighted by molar-refractivity contribution is -0.385. The molecule has 26 heavy (non-hydrogen) atoms. The first kappa shape index (κ1) is 18.6. The van der Waals surface area contributed by atoms with Crippen molar-refractivity contribution >= 4 is 39.0 Å². The van der Waals surface area contributed by atoms with Crippen molar-refractivity contribution < 1.29 is 4.92 Å². The second kappa shape index (κ2) is 7.20. The van der Waals surface area contributed by atoms with Gasteiger partial charge in [0.25, 0.3) is 11.2 Å². The molecule has 0 aliphatic heterocycles. The molecule has 0 radical (unpaired) electrons. The van der Waals surface area contributed by atoms with E-state index in [1.54, 1.807) is 22.8 Å². The van der Waals surface area contributed by atoms with Crippen LogP contribution in [0.4, 0.5) is 5.69 Å². The minimum absolute atomic E-state index is 0.0445.